The van der Waals surface area contributed by atoms with Crippen LogP contribution in [0.4, 0.5) is 0 Å². The number of amidine groups is 1. The smallest absolute Gasteiger partial charge is 0.387 e. The van der Waals surface area contributed by atoms with E-state index in [0.717, 1.165) is 30.6 Å². The fourth-order valence-electron chi connectivity index (χ4n) is 2.80. The summed E-state index contributed by atoms with van der Waals surface area (Å²) < 4.78 is 10.4. The number of nitrogens with zero attached hydrogens (tertiary/aromatic N) is 2. The number of nitrogens with two attached hydrogens (primary N) is 2. The van der Waals surface area contributed by atoms with Crippen molar-refractivity contribution in [1.82, 2.24) is 5.16 Å². The zero-order chi connectivity index (χ0) is 19.4. The first-order chi connectivity index (χ1) is 12.9. The molecule has 1 heterocycles. The molecule has 1 aliphatic carbocycles. The normalized spacial score (nSPS) is 16.5. The second kappa shape index (κ2) is 7.90. The molecule has 9 heteroatoms. The maximum atomic E-state index is 12.3. The second-order valence-electron chi connectivity index (χ2n) is 6.42. The monoisotopic (exact) mass is 372 g/mol. The van der Waals surface area contributed by atoms with Gasteiger partial charge in [-0.1, -0.05) is 17.2 Å². The van der Waals surface area contributed by atoms with E-state index >= 15 is 0 Å². The highest BCUT2D eigenvalue weighted by Crippen LogP contribution is 2.28. The van der Waals surface area contributed by atoms with E-state index in [-0.39, 0.29) is 18.1 Å². The Morgan fingerprint density at radius 2 is 2.04 bits per heavy atom. The fraction of sp³-hybridized carbons (Fsp3) is 0.333. The number of benzene rings is 1. The lowest BCUT2D eigenvalue weighted by molar-refractivity contribution is -0.119. The van der Waals surface area contributed by atoms with E-state index in [1.165, 1.54) is 0 Å². The molecule has 1 unspecified atom stereocenters. The van der Waals surface area contributed by atoms with Gasteiger partial charge in [-0.15, -0.1) is 0 Å². The van der Waals surface area contributed by atoms with Crippen molar-refractivity contribution >= 4 is 17.7 Å². The lowest BCUT2D eigenvalue weighted by Crippen LogP contribution is -2.20. The molecule has 0 saturated carbocycles. The molecule has 0 radical (unpaired) electrons. The van der Waals surface area contributed by atoms with Crippen LogP contribution in [0.25, 0.3) is 0 Å². The van der Waals surface area contributed by atoms with Crippen molar-refractivity contribution in [2.45, 2.75) is 26.2 Å². The van der Waals surface area contributed by atoms with Crippen LogP contribution in [-0.2, 0) is 22.5 Å². The number of fused-ring (bicyclic) bond motifs is 1. The number of primary amides is 1. The number of carbonyl (C=O) groups excluding carboxylic acids is 2. The van der Waals surface area contributed by atoms with Gasteiger partial charge < -0.3 is 25.6 Å². The number of aryl methyl sites for hydroxylation is 1. The molecule has 1 atom stereocenters. The van der Waals surface area contributed by atoms with Gasteiger partial charge in [0.25, 0.3) is 5.91 Å². The van der Waals surface area contributed by atoms with Crippen LogP contribution in [0.2, 0.25) is 0 Å². The van der Waals surface area contributed by atoms with Crippen LogP contribution in [0, 0.1) is 5.92 Å². The summed E-state index contributed by atoms with van der Waals surface area (Å²) in [5, 5.41) is 7.49. The first-order valence-electron chi connectivity index (χ1n) is 8.47. The van der Waals surface area contributed by atoms with Crippen LogP contribution >= 0.6 is 0 Å². The van der Waals surface area contributed by atoms with Gasteiger partial charge in [-0.3, -0.25) is 4.79 Å². The summed E-state index contributed by atoms with van der Waals surface area (Å²) in [6.45, 7) is 1.89. The molecule has 0 aliphatic heterocycles. The van der Waals surface area contributed by atoms with Crippen molar-refractivity contribution in [3.8, 4) is 5.75 Å². The quantitative estimate of drug-likeness (QED) is 0.335. The lowest BCUT2D eigenvalue weighted by atomic mass is 9.88. The Morgan fingerprint density at radius 3 is 2.74 bits per heavy atom. The molecule has 1 aliphatic rings. The van der Waals surface area contributed by atoms with Crippen molar-refractivity contribution in [1.29, 1.82) is 0 Å². The summed E-state index contributed by atoms with van der Waals surface area (Å²) in [6.07, 6.45) is 2.47. The van der Waals surface area contributed by atoms with E-state index in [9.17, 15) is 9.59 Å². The molecular weight excluding hydrogens is 352 g/mol. The summed E-state index contributed by atoms with van der Waals surface area (Å²) in [5.41, 5.74) is 12.3. The number of amides is 1. The Bertz CT molecular complexity index is 872. The molecule has 0 spiro atoms. The zero-order valence-corrected chi connectivity index (χ0v) is 14.8. The Kier molecular flexibility index (Phi) is 5.39. The molecule has 1 aromatic heterocycles. The number of aromatic nitrogens is 1. The maximum Gasteiger partial charge on any atom is 0.387 e. The van der Waals surface area contributed by atoms with Crippen molar-refractivity contribution < 1.29 is 23.7 Å². The molecule has 3 rings (SSSR count). The molecule has 4 N–H and O–H groups in total. The SMILES string of the molecule is CC1CCc2onc(C(=O)O/N=C(\N)c3ccc(OCC(N)=O)cc3)c2C1. The second-order valence-corrected chi connectivity index (χ2v) is 6.42. The molecule has 0 fully saturated rings. The van der Waals surface area contributed by atoms with Gasteiger partial charge in [0.1, 0.15) is 11.5 Å². The summed E-state index contributed by atoms with van der Waals surface area (Å²) in [6, 6.07) is 6.42. The van der Waals surface area contributed by atoms with Gasteiger partial charge in [-0.25, -0.2) is 4.79 Å². The van der Waals surface area contributed by atoms with Crippen molar-refractivity contribution in [2.75, 3.05) is 6.61 Å². The lowest BCUT2D eigenvalue weighted by Gasteiger charge is -2.15. The third kappa shape index (κ3) is 4.43. The molecule has 1 aromatic carbocycles. The number of hydrogen-bond acceptors (Lipinski definition) is 7. The predicted octanol–water partition coefficient (Wildman–Crippen LogP) is 1.14. The highest BCUT2D eigenvalue weighted by Gasteiger charge is 2.28. The molecule has 0 bridgehead atoms. The minimum Gasteiger partial charge on any atom is -0.484 e. The predicted molar refractivity (Wildman–Crippen MR) is 95.0 cm³/mol. The minimum absolute atomic E-state index is 0.00975. The Morgan fingerprint density at radius 1 is 1.30 bits per heavy atom. The number of oxime groups is 1. The van der Waals surface area contributed by atoms with E-state index in [1.807, 2.05) is 0 Å². The number of rotatable bonds is 6. The Balaban J connectivity index is 1.64. The van der Waals surface area contributed by atoms with Crippen LogP contribution in [0.3, 0.4) is 0 Å². The van der Waals surface area contributed by atoms with E-state index in [4.69, 9.17) is 25.6 Å². The van der Waals surface area contributed by atoms with Crippen LogP contribution in [-0.4, -0.2) is 29.5 Å². The van der Waals surface area contributed by atoms with E-state index in [1.54, 1.807) is 24.3 Å². The molecule has 9 nitrogen and oxygen atoms in total. The van der Waals surface area contributed by atoms with Crippen LogP contribution in [0.5, 0.6) is 5.75 Å². The standard InChI is InChI=1S/C18H20N4O5/c1-10-2-7-14-13(8-10)16(21-26-14)18(24)27-22-17(20)11-3-5-12(6-4-11)25-9-15(19)23/h3-6,10H,2,7-9H2,1H3,(H2,19,23)(H2,20,22). The third-order valence-corrected chi connectivity index (χ3v) is 4.24. The van der Waals surface area contributed by atoms with Gasteiger partial charge in [0.2, 0.25) is 0 Å². The minimum atomic E-state index is -0.710. The maximum absolute atomic E-state index is 12.3. The molecule has 27 heavy (non-hydrogen) atoms. The van der Waals surface area contributed by atoms with E-state index < -0.39 is 11.9 Å². The van der Waals surface area contributed by atoms with Crippen LogP contribution in [0.1, 0.15) is 40.7 Å². The first-order valence-corrected chi connectivity index (χ1v) is 8.47. The number of ether oxygens (including phenoxy) is 1. The van der Waals surface area contributed by atoms with E-state index in [0.29, 0.717) is 17.2 Å². The van der Waals surface area contributed by atoms with Gasteiger partial charge in [0.15, 0.2) is 18.1 Å². The molecular formula is C18H20N4O5. The molecule has 0 saturated heterocycles. The summed E-state index contributed by atoms with van der Waals surface area (Å²) in [7, 11) is 0. The number of hydrogen-bond donors (Lipinski definition) is 2. The topological polar surface area (TPSA) is 143 Å². The van der Waals surface area contributed by atoms with Crippen molar-refractivity contribution in [3.63, 3.8) is 0 Å². The average Bonchev–Trinajstić information content (AvgIpc) is 3.07. The highest BCUT2D eigenvalue weighted by molar-refractivity contribution is 5.98. The van der Waals surface area contributed by atoms with Gasteiger partial charge >= 0.3 is 5.97 Å². The average molecular weight is 372 g/mol. The Labute approximate surface area is 155 Å². The van der Waals surface area contributed by atoms with Gasteiger partial charge in [0.05, 0.1) is 0 Å². The van der Waals surface area contributed by atoms with Gasteiger partial charge in [-0.2, -0.15) is 0 Å². The summed E-state index contributed by atoms with van der Waals surface area (Å²) >= 11 is 0. The molecule has 1 amide bonds. The Hall–Kier alpha value is -3.36. The van der Waals surface area contributed by atoms with Crippen molar-refractivity contribution in [3.05, 3.63) is 46.8 Å². The molecule has 142 valence electrons. The fourth-order valence-corrected chi connectivity index (χ4v) is 2.80. The zero-order valence-electron chi connectivity index (χ0n) is 14.8. The molecule has 2 aromatic rings. The van der Waals surface area contributed by atoms with Gasteiger partial charge in [0, 0.05) is 17.5 Å². The van der Waals surface area contributed by atoms with Crippen LogP contribution in [0.15, 0.2) is 33.9 Å². The highest BCUT2D eigenvalue weighted by atomic mass is 16.7. The van der Waals surface area contributed by atoms with Crippen LogP contribution < -0.4 is 16.2 Å². The van der Waals surface area contributed by atoms with Crippen molar-refractivity contribution in [2.24, 2.45) is 22.5 Å². The first kappa shape index (κ1) is 18.4. The number of carbonyl (C=O) groups is 2. The van der Waals surface area contributed by atoms with E-state index in [2.05, 4.69) is 17.2 Å². The largest absolute Gasteiger partial charge is 0.484 e. The van der Waals surface area contributed by atoms with Gasteiger partial charge in [-0.05, 0) is 43.0 Å². The summed E-state index contributed by atoms with van der Waals surface area (Å²) in [5.74, 6) is 0.354. The third-order valence-electron chi connectivity index (χ3n) is 4.24. The summed E-state index contributed by atoms with van der Waals surface area (Å²) in [4.78, 5) is 27.9.